The second-order valence-electron chi connectivity index (χ2n) is 5.25. The zero-order valence-electron chi connectivity index (χ0n) is 13.1. The van der Waals surface area contributed by atoms with Gasteiger partial charge in [-0.05, 0) is 37.3 Å². The number of fused-ring (bicyclic) bond motifs is 1. The van der Waals surface area contributed by atoms with Crippen molar-refractivity contribution in [3.05, 3.63) is 65.5 Å². The molecule has 0 bridgehead atoms. The van der Waals surface area contributed by atoms with Gasteiger partial charge in [0.15, 0.2) is 5.78 Å². The molecule has 2 aromatic carbocycles. The Labute approximate surface area is 139 Å². The minimum atomic E-state index is -0.187. The van der Waals surface area contributed by atoms with Gasteiger partial charge in [-0.15, -0.1) is 0 Å². The van der Waals surface area contributed by atoms with Crippen LogP contribution >= 0.6 is 0 Å². The zero-order valence-corrected chi connectivity index (χ0v) is 13.1. The van der Waals surface area contributed by atoms with Crippen LogP contribution in [-0.2, 0) is 0 Å². The molecule has 0 spiro atoms. The molecule has 3 rings (SSSR count). The van der Waals surface area contributed by atoms with E-state index in [2.05, 4.69) is 27.1 Å². The lowest BCUT2D eigenvalue weighted by Gasteiger charge is -2.01. The normalized spacial score (nSPS) is 10.0. The van der Waals surface area contributed by atoms with Crippen LogP contribution in [0, 0.1) is 11.8 Å². The zero-order chi connectivity index (χ0) is 16.9. The lowest BCUT2D eigenvalue weighted by Crippen LogP contribution is -2.23. The summed E-state index contributed by atoms with van der Waals surface area (Å²) in [6.07, 6.45) is 1.59. The van der Waals surface area contributed by atoms with Gasteiger partial charge in [-0.1, -0.05) is 24.0 Å². The lowest BCUT2D eigenvalue weighted by atomic mass is 10.1. The number of hydrogen-bond acceptors (Lipinski definition) is 3. The maximum absolute atomic E-state index is 12.1. The molecule has 0 saturated heterocycles. The first-order valence-corrected chi connectivity index (χ1v) is 7.45. The Morgan fingerprint density at radius 2 is 1.88 bits per heavy atom. The molecule has 2 N–H and O–H groups in total. The van der Waals surface area contributed by atoms with Gasteiger partial charge in [-0.2, -0.15) is 0 Å². The summed E-state index contributed by atoms with van der Waals surface area (Å²) in [6, 6.07) is 12.3. The maximum Gasteiger partial charge on any atom is 0.252 e. The van der Waals surface area contributed by atoms with Crippen molar-refractivity contribution in [3.8, 4) is 11.8 Å². The number of benzene rings is 2. The summed E-state index contributed by atoms with van der Waals surface area (Å²) in [5, 5.41) is 2.75. The van der Waals surface area contributed by atoms with Gasteiger partial charge in [0.2, 0.25) is 0 Å². The highest BCUT2D eigenvalue weighted by Crippen LogP contribution is 2.11. The fraction of sp³-hybridized carbons (Fsp3) is 0.105. The van der Waals surface area contributed by atoms with Gasteiger partial charge in [0, 0.05) is 16.7 Å². The number of nitrogens with zero attached hydrogens (tertiary/aromatic N) is 1. The number of Topliss-reactive ketones (excluding diaryl/α,β-unsaturated/α-hetero) is 1. The molecule has 0 saturated carbocycles. The number of nitrogens with one attached hydrogen (secondary N) is 2. The number of aromatic amines is 1. The van der Waals surface area contributed by atoms with E-state index in [1.54, 1.807) is 48.8 Å². The number of carbonyl (C=O) groups is 2. The third kappa shape index (κ3) is 3.50. The second kappa shape index (κ2) is 6.80. The summed E-state index contributed by atoms with van der Waals surface area (Å²) in [7, 11) is 0. The van der Waals surface area contributed by atoms with Gasteiger partial charge in [0.25, 0.3) is 5.91 Å². The molecule has 1 heterocycles. The van der Waals surface area contributed by atoms with Crippen molar-refractivity contribution in [2.75, 3.05) is 6.54 Å². The topological polar surface area (TPSA) is 74.8 Å². The SMILES string of the molecule is CC(=O)c1ccc(C#CCNC(=O)c2ccc3nc[nH]c3c2)cc1. The third-order valence-electron chi connectivity index (χ3n) is 3.54. The molecule has 0 fully saturated rings. The summed E-state index contributed by atoms with van der Waals surface area (Å²) >= 11 is 0. The van der Waals surface area contributed by atoms with Crippen LogP contribution in [0.2, 0.25) is 0 Å². The summed E-state index contributed by atoms with van der Waals surface area (Å²) in [6.45, 7) is 1.77. The molecule has 1 amide bonds. The lowest BCUT2D eigenvalue weighted by molar-refractivity contribution is 0.0957. The maximum atomic E-state index is 12.1. The van der Waals surface area contributed by atoms with E-state index >= 15 is 0 Å². The van der Waals surface area contributed by atoms with E-state index in [1.807, 2.05) is 0 Å². The van der Waals surface area contributed by atoms with E-state index in [9.17, 15) is 9.59 Å². The average Bonchev–Trinajstić information content (AvgIpc) is 3.06. The van der Waals surface area contributed by atoms with Gasteiger partial charge >= 0.3 is 0 Å². The molecule has 5 heteroatoms. The van der Waals surface area contributed by atoms with Crippen LogP contribution in [0.5, 0.6) is 0 Å². The van der Waals surface area contributed by atoms with Crippen molar-refractivity contribution in [3.63, 3.8) is 0 Å². The number of ketones is 1. The summed E-state index contributed by atoms with van der Waals surface area (Å²) in [5.41, 5.74) is 3.65. The fourth-order valence-electron chi connectivity index (χ4n) is 2.24. The van der Waals surface area contributed by atoms with E-state index in [-0.39, 0.29) is 18.2 Å². The number of rotatable bonds is 3. The summed E-state index contributed by atoms with van der Waals surface area (Å²) in [4.78, 5) is 30.4. The largest absolute Gasteiger partial charge is 0.345 e. The van der Waals surface area contributed by atoms with Crippen LogP contribution in [0.1, 0.15) is 33.2 Å². The Kier molecular flexibility index (Phi) is 4.39. The van der Waals surface area contributed by atoms with Gasteiger partial charge in [-0.3, -0.25) is 9.59 Å². The molecule has 5 nitrogen and oxygen atoms in total. The number of amides is 1. The molecule has 0 aliphatic heterocycles. The monoisotopic (exact) mass is 317 g/mol. The molecule has 0 atom stereocenters. The van der Waals surface area contributed by atoms with Crippen molar-refractivity contribution < 1.29 is 9.59 Å². The molecule has 118 valence electrons. The van der Waals surface area contributed by atoms with Crippen LogP contribution in [-0.4, -0.2) is 28.2 Å². The number of H-pyrrole nitrogens is 1. The summed E-state index contributed by atoms with van der Waals surface area (Å²) in [5.74, 6) is 5.68. The van der Waals surface area contributed by atoms with Crippen molar-refractivity contribution in [1.82, 2.24) is 15.3 Å². The third-order valence-corrected chi connectivity index (χ3v) is 3.54. The standard InChI is InChI=1S/C19H15N3O2/c1-13(23)15-6-4-14(5-7-15)3-2-10-20-19(24)16-8-9-17-18(11-16)22-12-21-17/h4-9,11-12H,10H2,1H3,(H,20,24)(H,21,22). The van der Waals surface area contributed by atoms with Gasteiger partial charge < -0.3 is 10.3 Å². The molecule has 0 radical (unpaired) electrons. The minimum Gasteiger partial charge on any atom is -0.345 e. The first-order chi connectivity index (χ1) is 11.6. The van der Waals surface area contributed by atoms with E-state index in [0.717, 1.165) is 16.6 Å². The minimum absolute atomic E-state index is 0.0241. The Morgan fingerprint density at radius 3 is 2.62 bits per heavy atom. The number of aromatic nitrogens is 2. The molecule has 0 aliphatic carbocycles. The second-order valence-corrected chi connectivity index (χ2v) is 5.25. The van der Waals surface area contributed by atoms with E-state index < -0.39 is 0 Å². The van der Waals surface area contributed by atoms with Crippen LogP contribution in [0.3, 0.4) is 0 Å². The highest BCUT2D eigenvalue weighted by atomic mass is 16.1. The highest BCUT2D eigenvalue weighted by Gasteiger charge is 2.05. The molecule has 24 heavy (non-hydrogen) atoms. The van der Waals surface area contributed by atoms with E-state index in [0.29, 0.717) is 11.1 Å². The molecular weight excluding hydrogens is 302 g/mol. The number of hydrogen-bond donors (Lipinski definition) is 2. The van der Waals surface area contributed by atoms with Crippen molar-refractivity contribution in [1.29, 1.82) is 0 Å². The Hall–Kier alpha value is -3.39. The predicted octanol–water partition coefficient (Wildman–Crippen LogP) is 2.55. The summed E-state index contributed by atoms with van der Waals surface area (Å²) < 4.78 is 0. The van der Waals surface area contributed by atoms with E-state index in [4.69, 9.17) is 0 Å². The van der Waals surface area contributed by atoms with Gasteiger partial charge in [0.05, 0.1) is 23.9 Å². The first kappa shape index (κ1) is 15.5. The van der Waals surface area contributed by atoms with Gasteiger partial charge in [0.1, 0.15) is 0 Å². The van der Waals surface area contributed by atoms with Crippen LogP contribution in [0.15, 0.2) is 48.8 Å². The van der Waals surface area contributed by atoms with Crippen LogP contribution in [0.4, 0.5) is 0 Å². The quantitative estimate of drug-likeness (QED) is 0.576. The Bertz CT molecular complexity index is 959. The van der Waals surface area contributed by atoms with Crippen molar-refractivity contribution in [2.45, 2.75) is 6.92 Å². The fourth-order valence-corrected chi connectivity index (χ4v) is 2.24. The molecule has 3 aromatic rings. The smallest absolute Gasteiger partial charge is 0.252 e. The molecular formula is C19H15N3O2. The Balaban J connectivity index is 1.59. The first-order valence-electron chi connectivity index (χ1n) is 7.45. The Morgan fingerprint density at radius 1 is 1.12 bits per heavy atom. The van der Waals surface area contributed by atoms with Crippen molar-refractivity contribution in [2.24, 2.45) is 0 Å². The van der Waals surface area contributed by atoms with Crippen LogP contribution in [0.25, 0.3) is 11.0 Å². The number of carbonyl (C=O) groups excluding carboxylic acids is 2. The molecule has 0 aliphatic rings. The highest BCUT2D eigenvalue weighted by molar-refractivity contribution is 5.97. The van der Waals surface area contributed by atoms with E-state index in [1.165, 1.54) is 6.92 Å². The number of imidazole rings is 1. The van der Waals surface area contributed by atoms with Crippen molar-refractivity contribution >= 4 is 22.7 Å². The average molecular weight is 317 g/mol. The van der Waals surface area contributed by atoms with Gasteiger partial charge in [-0.25, -0.2) is 4.98 Å². The molecule has 1 aromatic heterocycles. The van der Waals surface area contributed by atoms with Crippen LogP contribution < -0.4 is 5.32 Å². The predicted molar refractivity (Wildman–Crippen MR) is 91.8 cm³/mol. The molecule has 0 unspecified atom stereocenters.